The summed E-state index contributed by atoms with van der Waals surface area (Å²) in [6, 6.07) is 6.82. The summed E-state index contributed by atoms with van der Waals surface area (Å²) in [5.41, 5.74) is 2.92. The Bertz CT molecular complexity index is 1310. The van der Waals surface area contributed by atoms with Crippen LogP contribution in [0.1, 0.15) is 45.8 Å². The fourth-order valence-corrected chi connectivity index (χ4v) is 4.60. The number of likely N-dealkylation sites (N-methyl/N-ethyl adjacent to an activating group) is 1. The first-order chi connectivity index (χ1) is 16.4. The Morgan fingerprint density at radius 1 is 1.32 bits per heavy atom. The van der Waals surface area contributed by atoms with E-state index >= 15 is 0 Å². The second-order valence-corrected chi connectivity index (χ2v) is 8.68. The second kappa shape index (κ2) is 8.30. The lowest BCUT2D eigenvalue weighted by atomic mass is 9.99. The molecule has 0 saturated carbocycles. The van der Waals surface area contributed by atoms with Crippen molar-refractivity contribution in [3.05, 3.63) is 64.6 Å². The van der Waals surface area contributed by atoms with Gasteiger partial charge in [-0.25, -0.2) is 9.18 Å². The standard InChI is InChI=1S/C23H22FN7O3/c1-13-7-20-17(12-30(13)23(33)26-16-3-4-18(24)14(8-16)9-25)21-22(32)29(2)10-15(11-31(21)27-20)19-5-6-34-28-19/h3-6,8,13,15H,7,10-12H2,1-2H3,(H,26,33)/t13-,15?/m1/s1. The number of hydrogen-bond donors (Lipinski definition) is 1. The van der Waals surface area contributed by atoms with E-state index in [9.17, 15) is 14.0 Å². The molecular formula is C23H22FN7O3. The predicted molar refractivity (Wildman–Crippen MR) is 117 cm³/mol. The third kappa shape index (κ3) is 3.67. The number of fused-ring (bicyclic) bond motifs is 3. The zero-order valence-corrected chi connectivity index (χ0v) is 18.7. The summed E-state index contributed by atoms with van der Waals surface area (Å²) >= 11 is 0. The summed E-state index contributed by atoms with van der Waals surface area (Å²) in [5.74, 6) is -0.877. The Balaban J connectivity index is 1.43. The first-order valence-corrected chi connectivity index (χ1v) is 10.9. The molecule has 2 aromatic heterocycles. The molecule has 11 heteroatoms. The van der Waals surface area contributed by atoms with Gasteiger partial charge in [0.1, 0.15) is 23.8 Å². The number of carbonyl (C=O) groups is 2. The molecule has 0 aliphatic carbocycles. The molecular weight excluding hydrogens is 441 g/mol. The van der Waals surface area contributed by atoms with Gasteiger partial charge >= 0.3 is 6.03 Å². The fraction of sp³-hybridized carbons (Fsp3) is 0.348. The van der Waals surface area contributed by atoms with Gasteiger partial charge in [-0.2, -0.15) is 10.4 Å². The largest absolute Gasteiger partial charge is 0.364 e. The number of aromatic nitrogens is 3. The van der Waals surface area contributed by atoms with Gasteiger partial charge in [0.25, 0.3) is 5.91 Å². The number of carbonyl (C=O) groups excluding carboxylic acids is 2. The normalized spacial score (nSPS) is 19.8. The third-order valence-corrected chi connectivity index (χ3v) is 6.39. The van der Waals surface area contributed by atoms with Crippen LogP contribution in [0.2, 0.25) is 0 Å². The van der Waals surface area contributed by atoms with Gasteiger partial charge in [0.2, 0.25) is 0 Å². The molecule has 0 fully saturated rings. The lowest BCUT2D eigenvalue weighted by molar-refractivity contribution is 0.0787. The van der Waals surface area contributed by atoms with Crippen LogP contribution in [0.3, 0.4) is 0 Å². The summed E-state index contributed by atoms with van der Waals surface area (Å²) in [5, 5.41) is 20.6. The van der Waals surface area contributed by atoms with Gasteiger partial charge in [-0.3, -0.25) is 9.48 Å². The van der Waals surface area contributed by atoms with Crippen LogP contribution in [0.5, 0.6) is 0 Å². The number of halogens is 1. The Hall–Kier alpha value is -4.20. The lowest BCUT2D eigenvalue weighted by Crippen LogP contribution is -2.45. The summed E-state index contributed by atoms with van der Waals surface area (Å²) in [7, 11) is 1.74. The van der Waals surface area contributed by atoms with Crippen LogP contribution in [0, 0.1) is 17.1 Å². The zero-order chi connectivity index (χ0) is 24.0. The monoisotopic (exact) mass is 463 g/mol. The molecule has 1 unspecified atom stereocenters. The minimum Gasteiger partial charge on any atom is -0.364 e. The number of hydrogen-bond acceptors (Lipinski definition) is 6. The molecule has 3 aromatic rings. The molecule has 34 heavy (non-hydrogen) atoms. The van der Waals surface area contributed by atoms with Crippen molar-refractivity contribution in [2.45, 2.75) is 38.4 Å². The number of nitrogens with one attached hydrogen (secondary N) is 1. The van der Waals surface area contributed by atoms with E-state index in [4.69, 9.17) is 14.9 Å². The Kier molecular flexibility index (Phi) is 5.28. The maximum Gasteiger partial charge on any atom is 0.322 e. The topological polar surface area (TPSA) is 120 Å². The van der Waals surface area contributed by atoms with Gasteiger partial charge in [-0.15, -0.1) is 0 Å². The van der Waals surface area contributed by atoms with E-state index < -0.39 is 11.8 Å². The summed E-state index contributed by atoms with van der Waals surface area (Å²) in [6.45, 7) is 3.05. The summed E-state index contributed by atoms with van der Waals surface area (Å²) in [6.07, 6.45) is 2.00. The van der Waals surface area contributed by atoms with Crippen molar-refractivity contribution < 1.29 is 18.5 Å². The van der Waals surface area contributed by atoms with E-state index in [1.807, 2.05) is 6.92 Å². The summed E-state index contributed by atoms with van der Waals surface area (Å²) < 4.78 is 20.4. The molecule has 2 aliphatic heterocycles. The first-order valence-electron chi connectivity index (χ1n) is 10.9. The van der Waals surface area contributed by atoms with Crippen LogP contribution in [0.4, 0.5) is 14.9 Å². The highest BCUT2D eigenvalue weighted by Gasteiger charge is 2.37. The van der Waals surface area contributed by atoms with Gasteiger partial charge < -0.3 is 19.6 Å². The van der Waals surface area contributed by atoms with Gasteiger partial charge in [-0.05, 0) is 25.1 Å². The van der Waals surface area contributed by atoms with Crippen LogP contribution < -0.4 is 5.32 Å². The molecule has 0 saturated heterocycles. The number of nitrogens with zero attached hydrogens (tertiary/aromatic N) is 6. The molecule has 4 heterocycles. The van der Waals surface area contributed by atoms with E-state index in [-0.39, 0.29) is 30.0 Å². The van der Waals surface area contributed by atoms with Crippen molar-refractivity contribution >= 4 is 17.6 Å². The zero-order valence-electron chi connectivity index (χ0n) is 18.7. The van der Waals surface area contributed by atoms with E-state index in [0.717, 1.165) is 23.0 Å². The second-order valence-electron chi connectivity index (χ2n) is 8.68. The van der Waals surface area contributed by atoms with E-state index in [1.54, 1.807) is 33.7 Å². The van der Waals surface area contributed by atoms with Crippen LogP contribution >= 0.6 is 0 Å². The van der Waals surface area contributed by atoms with Crippen LogP contribution in [0.15, 0.2) is 35.1 Å². The van der Waals surface area contributed by atoms with Crippen molar-refractivity contribution in [3.63, 3.8) is 0 Å². The van der Waals surface area contributed by atoms with E-state index in [1.165, 1.54) is 18.4 Å². The maximum atomic E-state index is 13.6. The quantitative estimate of drug-likeness (QED) is 0.624. The minimum absolute atomic E-state index is 0.0695. The minimum atomic E-state index is -0.648. The van der Waals surface area contributed by atoms with Gasteiger partial charge in [0.05, 0.1) is 30.0 Å². The van der Waals surface area contributed by atoms with Crippen LogP contribution in [0.25, 0.3) is 0 Å². The molecule has 1 aromatic carbocycles. The fourth-order valence-electron chi connectivity index (χ4n) is 4.60. The van der Waals surface area contributed by atoms with E-state index in [0.29, 0.717) is 30.9 Å². The molecule has 0 radical (unpaired) electrons. The molecule has 3 amide bonds. The maximum absolute atomic E-state index is 13.6. The van der Waals surface area contributed by atoms with Crippen LogP contribution in [-0.4, -0.2) is 56.3 Å². The lowest BCUT2D eigenvalue weighted by Gasteiger charge is -2.33. The molecule has 1 N–H and O–H groups in total. The first kappa shape index (κ1) is 21.6. The SMILES string of the molecule is C[C@@H]1Cc2nn3c(c2CN1C(=O)Nc1ccc(F)c(C#N)c1)C(=O)N(C)CC(c1ccon1)C3. The Labute approximate surface area is 194 Å². The molecule has 0 spiro atoms. The van der Waals surface area contributed by atoms with Crippen molar-refractivity contribution in [1.29, 1.82) is 5.26 Å². The summed E-state index contributed by atoms with van der Waals surface area (Å²) in [4.78, 5) is 29.6. The molecule has 0 bridgehead atoms. The average molecular weight is 463 g/mol. The third-order valence-electron chi connectivity index (χ3n) is 6.39. The highest BCUT2D eigenvalue weighted by atomic mass is 19.1. The predicted octanol–water partition coefficient (Wildman–Crippen LogP) is 2.73. The van der Waals surface area contributed by atoms with Gasteiger partial charge in [0, 0.05) is 49.3 Å². The van der Waals surface area contributed by atoms with Crippen molar-refractivity contribution in [3.8, 4) is 6.07 Å². The molecule has 5 rings (SSSR count). The van der Waals surface area contributed by atoms with Crippen molar-refractivity contribution in [2.24, 2.45) is 0 Å². The van der Waals surface area contributed by atoms with Crippen LogP contribution in [-0.2, 0) is 19.5 Å². The number of anilines is 1. The number of rotatable bonds is 2. The number of nitriles is 1. The smallest absolute Gasteiger partial charge is 0.322 e. The van der Waals surface area contributed by atoms with Crippen molar-refractivity contribution in [2.75, 3.05) is 18.9 Å². The van der Waals surface area contributed by atoms with E-state index in [2.05, 4.69) is 10.5 Å². The number of urea groups is 1. The molecule has 2 aliphatic rings. The average Bonchev–Trinajstić information content (AvgIpc) is 3.44. The highest BCUT2D eigenvalue weighted by molar-refractivity contribution is 5.95. The Morgan fingerprint density at radius 3 is 2.88 bits per heavy atom. The van der Waals surface area contributed by atoms with Gasteiger partial charge in [0.15, 0.2) is 0 Å². The molecule has 10 nitrogen and oxygen atoms in total. The highest BCUT2D eigenvalue weighted by Crippen LogP contribution is 2.31. The molecule has 174 valence electrons. The van der Waals surface area contributed by atoms with Gasteiger partial charge in [-0.1, -0.05) is 5.16 Å². The number of amides is 3. The Morgan fingerprint density at radius 2 is 2.15 bits per heavy atom. The number of benzene rings is 1. The molecule has 2 atom stereocenters. The van der Waals surface area contributed by atoms with Crippen molar-refractivity contribution in [1.82, 2.24) is 24.7 Å².